The van der Waals surface area contributed by atoms with Gasteiger partial charge < -0.3 is 5.32 Å². The molecule has 2 heteroatoms. The first-order valence-corrected chi connectivity index (χ1v) is 7.57. The number of nitrogens with zero attached hydrogens (tertiary/aromatic N) is 1. The number of nitrogens with one attached hydrogen (secondary N) is 1. The van der Waals surface area contributed by atoms with E-state index in [1.165, 1.54) is 45.3 Å². The van der Waals surface area contributed by atoms with Crippen molar-refractivity contribution in [2.45, 2.75) is 65.0 Å². The van der Waals surface area contributed by atoms with Crippen LogP contribution >= 0.6 is 0 Å². The van der Waals surface area contributed by atoms with Gasteiger partial charge in [0, 0.05) is 31.2 Å². The topological polar surface area (TPSA) is 15.3 Å². The summed E-state index contributed by atoms with van der Waals surface area (Å²) in [5, 5.41) is 3.75. The van der Waals surface area contributed by atoms with Crippen molar-refractivity contribution in [1.82, 2.24) is 10.2 Å². The smallest absolute Gasteiger partial charge is 0.0278 e. The molecule has 0 radical (unpaired) electrons. The Hall–Kier alpha value is -0.0800. The molecule has 1 heterocycles. The molecular weight excluding hydrogens is 208 g/mol. The van der Waals surface area contributed by atoms with Crippen LogP contribution in [0.15, 0.2) is 0 Å². The molecule has 0 amide bonds. The lowest BCUT2D eigenvalue weighted by Crippen LogP contribution is -2.63. The predicted octanol–water partition coefficient (Wildman–Crippen LogP) is 2.89. The Balaban J connectivity index is 1.94. The Morgan fingerprint density at radius 3 is 2.59 bits per heavy atom. The zero-order chi connectivity index (χ0) is 12.5. The summed E-state index contributed by atoms with van der Waals surface area (Å²) < 4.78 is 0. The summed E-state index contributed by atoms with van der Waals surface area (Å²) in [6.07, 6.45) is 5.48. The van der Waals surface area contributed by atoms with E-state index in [2.05, 4.69) is 37.9 Å². The number of piperazine rings is 1. The van der Waals surface area contributed by atoms with Gasteiger partial charge in [-0.2, -0.15) is 0 Å². The van der Waals surface area contributed by atoms with Gasteiger partial charge in [-0.1, -0.05) is 20.8 Å². The van der Waals surface area contributed by atoms with Gasteiger partial charge in [0.1, 0.15) is 0 Å². The molecule has 0 aromatic heterocycles. The summed E-state index contributed by atoms with van der Waals surface area (Å²) in [6.45, 7) is 13.2. The van der Waals surface area contributed by atoms with Crippen molar-refractivity contribution >= 4 is 0 Å². The minimum Gasteiger partial charge on any atom is -0.309 e. The van der Waals surface area contributed by atoms with Gasteiger partial charge >= 0.3 is 0 Å². The highest BCUT2D eigenvalue weighted by Gasteiger charge is 2.36. The highest BCUT2D eigenvalue weighted by molar-refractivity contribution is 4.95. The van der Waals surface area contributed by atoms with Gasteiger partial charge in [-0.3, -0.25) is 4.90 Å². The molecular formula is C15H30N2. The van der Waals surface area contributed by atoms with Crippen LogP contribution in [0.1, 0.15) is 53.4 Å². The molecule has 0 aromatic rings. The van der Waals surface area contributed by atoms with Gasteiger partial charge in [-0.25, -0.2) is 0 Å². The van der Waals surface area contributed by atoms with Crippen LogP contribution in [0.3, 0.4) is 0 Å². The van der Waals surface area contributed by atoms with Crippen molar-refractivity contribution < 1.29 is 0 Å². The molecule has 1 aliphatic heterocycles. The van der Waals surface area contributed by atoms with Gasteiger partial charge in [-0.15, -0.1) is 0 Å². The molecule has 3 atom stereocenters. The predicted molar refractivity (Wildman–Crippen MR) is 74.2 cm³/mol. The second-order valence-electron chi connectivity index (χ2n) is 6.60. The number of hydrogen-bond donors (Lipinski definition) is 1. The normalized spacial score (nSPS) is 37.1. The lowest BCUT2D eigenvalue weighted by Gasteiger charge is -2.46. The van der Waals surface area contributed by atoms with Crippen LogP contribution in [-0.4, -0.2) is 36.1 Å². The van der Waals surface area contributed by atoms with Crippen LogP contribution in [0.25, 0.3) is 0 Å². The van der Waals surface area contributed by atoms with E-state index in [9.17, 15) is 0 Å². The van der Waals surface area contributed by atoms with E-state index in [0.29, 0.717) is 5.54 Å². The fourth-order valence-corrected chi connectivity index (χ4v) is 3.16. The maximum Gasteiger partial charge on any atom is 0.0278 e. The van der Waals surface area contributed by atoms with Crippen molar-refractivity contribution in [3.05, 3.63) is 0 Å². The van der Waals surface area contributed by atoms with Crippen molar-refractivity contribution in [2.75, 3.05) is 19.6 Å². The molecule has 0 bridgehead atoms. The second-order valence-corrected chi connectivity index (χ2v) is 6.60. The van der Waals surface area contributed by atoms with Crippen LogP contribution in [0, 0.1) is 11.8 Å². The molecule has 2 aliphatic rings. The summed E-state index contributed by atoms with van der Waals surface area (Å²) in [4.78, 5) is 2.77. The van der Waals surface area contributed by atoms with Gasteiger partial charge in [0.25, 0.3) is 0 Å². The third-order valence-corrected chi connectivity index (χ3v) is 5.03. The minimum absolute atomic E-state index is 0.342. The summed E-state index contributed by atoms with van der Waals surface area (Å²) in [5.74, 6) is 1.94. The lowest BCUT2D eigenvalue weighted by atomic mass is 9.91. The van der Waals surface area contributed by atoms with Crippen molar-refractivity contribution in [3.8, 4) is 0 Å². The standard InChI is InChI=1S/C15H30N2/c1-5-14-9-16-15(4,6-2)11-17(14)10-12(3)13-7-8-13/h12-14,16H,5-11H2,1-4H3. The molecule has 2 nitrogen and oxygen atoms in total. The molecule has 2 rings (SSSR count). The Morgan fingerprint density at radius 1 is 1.35 bits per heavy atom. The molecule has 2 fully saturated rings. The third-order valence-electron chi connectivity index (χ3n) is 5.03. The number of hydrogen-bond acceptors (Lipinski definition) is 2. The fourth-order valence-electron chi connectivity index (χ4n) is 3.16. The maximum absolute atomic E-state index is 3.75. The lowest BCUT2D eigenvalue weighted by molar-refractivity contribution is 0.0667. The van der Waals surface area contributed by atoms with Crippen LogP contribution in [0.5, 0.6) is 0 Å². The van der Waals surface area contributed by atoms with Gasteiger partial charge in [-0.05, 0) is 44.4 Å². The first kappa shape index (κ1) is 13.4. The van der Waals surface area contributed by atoms with Crippen LogP contribution < -0.4 is 5.32 Å². The van der Waals surface area contributed by atoms with Crippen molar-refractivity contribution in [2.24, 2.45) is 11.8 Å². The first-order valence-electron chi connectivity index (χ1n) is 7.57. The van der Waals surface area contributed by atoms with Gasteiger partial charge in [0.05, 0.1) is 0 Å². The molecule has 0 spiro atoms. The van der Waals surface area contributed by atoms with E-state index >= 15 is 0 Å². The Kier molecular flexibility index (Phi) is 4.14. The second kappa shape index (κ2) is 5.27. The quantitative estimate of drug-likeness (QED) is 0.792. The zero-order valence-electron chi connectivity index (χ0n) is 12.1. The van der Waals surface area contributed by atoms with Crippen molar-refractivity contribution in [1.29, 1.82) is 0 Å². The van der Waals surface area contributed by atoms with E-state index in [-0.39, 0.29) is 0 Å². The van der Waals surface area contributed by atoms with Crippen molar-refractivity contribution in [3.63, 3.8) is 0 Å². The SMILES string of the molecule is CCC1CNC(C)(CC)CN1CC(C)C1CC1. The largest absolute Gasteiger partial charge is 0.309 e. The molecule has 17 heavy (non-hydrogen) atoms. The zero-order valence-corrected chi connectivity index (χ0v) is 12.1. The maximum atomic E-state index is 3.75. The summed E-state index contributed by atoms with van der Waals surface area (Å²) in [7, 11) is 0. The van der Waals surface area contributed by atoms with Crippen LogP contribution in [0.4, 0.5) is 0 Å². The molecule has 3 unspecified atom stereocenters. The number of rotatable bonds is 5. The van der Waals surface area contributed by atoms with Crippen LogP contribution in [0.2, 0.25) is 0 Å². The average molecular weight is 238 g/mol. The van der Waals surface area contributed by atoms with E-state index in [4.69, 9.17) is 0 Å². The summed E-state index contributed by atoms with van der Waals surface area (Å²) in [5.41, 5.74) is 0.342. The van der Waals surface area contributed by atoms with Crippen LogP contribution in [-0.2, 0) is 0 Å². The van der Waals surface area contributed by atoms with Gasteiger partial charge in [0.15, 0.2) is 0 Å². The van der Waals surface area contributed by atoms with E-state index in [0.717, 1.165) is 17.9 Å². The summed E-state index contributed by atoms with van der Waals surface area (Å²) >= 11 is 0. The molecule has 1 N–H and O–H groups in total. The molecule has 0 aromatic carbocycles. The molecule has 1 saturated carbocycles. The Morgan fingerprint density at radius 2 is 2.06 bits per heavy atom. The Labute approximate surface area is 107 Å². The molecule has 1 aliphatic carbocycles. The minimum atomic E-state index is 0.342. The van der Waals surface area contributed by atoms with E-state index in [1.807, 2.05) is 0 Å². The van der Waals surface area contributed by atoms with Gasteiger partial charge in [0.2, 0.25) is 0 Å². The average Bonchev–Trinajstić information content (AvgIpc) is 3.13. The Bertz CT molecular complexity index is 249. The van der Waals surface area contributed by atoms with E-state index in [1.54, 1.807) is 0 Å². The third kappa shape index (κ3) is 3.23. The highest BCUT2D eigenvalue weighted by Crippen LogP contribution is 2.37. The monoisotopic (exact) mass is 238 g/mol. The first-order chi connectivity index (χ1) is 8.08. The molecule has 1 saturated heterocycles. The fraction of sp³-hybridized carbons (Fsp3) is 1.00. The molecule has 100 valence electrons. The highest BCUT2D eigenvalue weighted by atomic mass is 15.2. The summed E-state index contributed by atoms with van der Waals surface area (Å²) in [6, 6.07) is 0.760. The van der Waals surface area contributed by atoms with E-state index < -0.39 is 0 Å².